The highest BCUT2D eigenvalue weighted by atomic mass is 16.1. The Morgan fingerprint density at radius 3 is 2.90 bits per heavy atom. The van der Waals surface area contributed by atoms with Gasteiger partial charge in [-0.15, -0.1) is 0 Å². The van der Waals surface area contributed by atoms with Crippen molar-refractivity contribution in [2.75, 3.05) is 5.73 Å². The highest BCUT2D eigenvalue weighted by Gasteiger charge is 2.13. The van der Waals surface area contributed by atoms with Gasteiger partial charge in [-0.05, 0) is 24.1 Å². The van der Waals surface area contributed by atoms with Gasteiger partial charge in [-0.3, -0.25) is 4.79 Å². The number of rotatable bonds is 3. The summed E-state index contributed by atoms with van der Waals surface area (Å²) in [4.78, 5) is 19.7. The Morgan fingerprint density at radius 1 is 1.40 bits per heavy atom. The van der Waals surface area contributed by atoms with E-state index in [9.17, 15) is 4.79 Å². The molecule has 1 aromatic carbocycles. The van der Waals surface area contributed by atoms with Crippen LogP contribution in [0.5, 0.6) is 0 Å². The van der Waals surface area contributed by atoms with Gasteiger partial charge in [0.15, 0.2) is 5.82 Å². The maximum absolute atomic E-state index is 11.0. The Bertz CT molecular complexity index is 804. The SMILES string of the molecule is CC(C)Cn1cnc2c(N)nc3ccc(C=O)cc3c21. The summed E-state index contributed by atoms with van der Waals surface area (Å²) in [5, 5.41) is 0.914. The second kappa shape index (κ2) is 4.59. The zero-order valence-electron chi connectivity index (χ0n) is 11.5. The number of pyridine rings is 1. The Balaban J connectivity index is 2.40. The minimum Gasteiger partial charge on any atom is -0.382 e. The van der Waals surface area contributed by atoms with Crippen molar-refractivity contribution in [2.24, 2.45) is 5.92 Å². The van der Waals surface area contributed by atoms with Gasteiger partial charge in [-0.2, -0.15) is 0 Å². The van der Waals surface area contributed by atoms with Crippen molar-refractivity contribution in [1.82, 2.24) is 14.5 Å². The molecule has 0 unspecified atom stereocenters. The minimum absolute atomic E-state index is 0.425. The van der Waals surface area contributed by atoms with Crippen molar-refractivity contribution in [1.29, 1.82) is 0 Å². The lowest BCUT2D eigenvalue weighted by Crippen LogP contribution is -2.04. The number of hydrogen-bond donors (Lipinski definition) is 1. The molecule has 0 amide bonds. The molecular formula is C15H16N4O. The molecule has 3 aromatic rings. The summed E-state index contributed by atoms with van der Waals surface area (Å²) in [5.41, 5.74) is 9.04. The molecule has 20 heavy (non-hydrogen) atoms. The van der Waals surface area contributed by atoms with Gasteiger partial charge in [0.1, 0.15) is 11.8 Å². The third-order valence-corrected chi connectivity index (χ3v) is 3.29. The lowest BCUT2D eigenvalue weighted by atomic mass is 10.1. The van der Waals surface area contributed by atoms with E-state index in [0.717, 1.165) is 29.3 Å². The highest BCUT2D eigenvalue weighted by molar-refractivity contribution is 6.07. The molecule has 5 heteroatoms. The molecule has 0 aliphatic heterocycles. The molecule has 0 saturated heterocycles. The van der Waals surface area contributed by atoms with Gasteiger partial charge in [0, 0.05) is 17.5 Å². The van der Waals surface area contributed by atoms with Gasteiger partial charge >= 0.3 is 0 Å². The zero-order valence-corrected chi connectivity index (χ0v) is 11.5. The lowest BCUT2D eigenvalue weighted by molar-refractivity contribution is 0.112. The molecule has 0 radical (unpaired) electrons. The molecule has 2 N–H and O–H groups in total. The number of anilines is 1. The fourth-order valence-electron chi connectivity index (χ4n) is 2.48. The zero-order chi connectivity index (χ0) is 14.3. The number of aldehydes is 1. The Hall–Kier alpha value is -2.43. The van der Waals surface area contributed by atoms with Crippen LogP contribution < -0.4 is 5.73 Å². The molecule has 0 atom stereocenters. The molecule has 0 spiro atoms. The monoisotopic (exact) mass is 268 g/mol. The molecule has 0 fully saturated rings. The minimum atomic E-state index is 0.425. The van der Waals surface area contributed by atoms with E-state index in [0.29, 0.717) is 22.8 Å². The molecule has 0 saturated carbocycles. The number of nitrogen functional groups attached to an aromatic ring is 1. The van der Waals surface area contributed by atoms with Crippen molar-refractivity contribution in [3.05, 3.63) is 30.1 Å². The van der Waals surface area contributed by atoms with Crippen LogP contribution in [0.3, 0.4) is 0 Å². The van der Waals surface area contributed by atoms with Gasteiger partial charge in [0.05, 0.1) is 17.4 Å². The lowest BCUT2D eigenvalue weighted by Gasteiger charge is -2.10. The number of nitrogens with two attached hydrogens (primary N) is 1. The number of carbonyl (C=O) groups excluding carboxylic acids is 1. The first-order valence-corrected chi connectivity index (χ1v) is 6.59. The second-order valence-electron chi connectivity index (χ2n) is 5.38. The third-order valence-electron chi connectivity index (χ3n) is 3.29. The average Bonchev–Trinajstić information content (AvgIpc) is 2.82. The normalized spacial score (nSPS) is 11.6. The molecule has 2 heterocycles. The van der Waals surface area contributed by atoms with Crippen molar-refractivity contribution in [3.8, 4) is 0 Å². The van der Waals surface area contributed by atoms with E-state index in [1.165, 1.54) is 0 Å². The van der Waals surface area contributed by atoms with E-state index in [1.54, 1.807) is 12.4 Å². The molecular weight excluding hydrogens is 252 g/mol. The number of benzene rings is 1. The average molecular weight is 268 g/mol. The quantitative estimate of drug-likeness (QED) is 0.741. The first kappa shape index (κ1) is 12.6. The fraction of sp³-hybridized carbons (Fsp3) is 0.267. The molecule has 2 aromatic heterocycles. The Kier molecular flexibility index (Phi) is 2.89. The summed E-state index contributed by atoms with van der Waals surface area (Å²) in [7, 11) is 0. The fourth-order valence-corrected chi connectivity index (χ4v) is 2.48. The molecule has 3 rings (SSSR count). The van der Waals surface area contributed by atoms with Crippen LogP contribution in [0.4, 0.5) is 5.82 Å². The number of fused-ring (bicyclic) bond motifs is 3. The van der Waals surface area contributed by atoms with E-state index < -0.39 is 0 Å². The summed E-state index contributed by atoms with van der Waals surface area (Å²) < 4.78 is 2.08. The van der Waals surface area contributed by atoms with Crippen molar-refractivity contribution in [3.63, 3.8) is 0 Å². The summed E-state index contributed by atoms with van der Waals surface area (Å²) in [6.45, 7) is 5.14. The smallest absolute Gasteiger partial charge is 0.152 e. The van der Waals surface area contributed by atoms with Gasteiger partial charge < -0.3 is 10.3 Å². The van der Waals surface area contributed by atoms with Crippen LogP contribution in [-0.4, -0.2) is 20.8 Å². The van der Waals surface area contributed by atoms with Crippen LogP contribution in [-0.2, 0) is 6.54 Å². The number of aromatic nitrogens is 3. The van der Waals surface area contributed by atoms with Gasteiger partial charge in [0.2, 0.25) is 0 Å². The van der Waals surface area contributed by atoms with Crippen LogP contribution >= 0.6 is 0 Å². The number of hydrogen-bond acceptors (Lipinski definition) is 4. The first-order chi connectivity index (χ1) is 9.60. The molecule has 0 aliphatic rings. The second-order valence-corrected chi connectivity index (χ2v) is 5.38. The first-order valence-electron chi connectivity index (χ1n) is 6.59. The van der Waals surface area contributed by atoms with E-state index in [4.69, 9.17) is 5.73 Å². The van der Waals surface area contributed by atoms with E-state index in [1.807, 2.05) is 12.1 Å². The standard InChI is InChI=1S/C15H16N4O/c1-9(2)6-19-8-17-13-14(19)11-5-10(7-20)3-4-12(11)18-15(13)16/h3-5,7-9H,6H2,1-2H3,(H2,16,18). The van der Waals surface area contributed by atoms with Gasteiger partial charge in [0.25, 0.3) is 0 Å². The van der Waals surface area contributed by atoms with Crippen LogP contribution in [0.2, 0.25) is 0 Å². The van der Waals surface area contributed by atoms with E-state index in [2.05, 4.69) is 28.4 Å². The van der Waals surface area contributed by atoms with Crippen molar-refractivity contribution in [2.45, 2.75) is 20.4 Å². The van der Waals surface area contributed by atoms with Crippen molar-refractivity contribution < 1.29 is 4.79 Å². The predicted octanol–water partition coefficient (Wildman–Crippen LogP) is 2.64. The third kappa shape index (κ3) is 1.91. The van der Waals surface area contributed by atoms with Crippen LogP contribution in [0, 0.1) is 5.92 Å². The van der Waals surface area contributed by atoms with E-state index in [-0.39, 0.29) is 0 Å². The predicted molar refractivity (Wildman–Crippen MR) is 79.7 cm³/mol. The molecule has 0 bridgehead atoms. The topological polar surface area (TPSA) is 73.8 Å². The summed E-state index contributed by atoms with van der Waals surface area (Å²) in [6, 6.07) is 5.41. The highest BCUT2D eigenvalue weighted by Crippen LogP contribution is 2.28. The molecule has 102 valence electrons. The number of carbonyl (C=O) groups is 1. The summed E-state index contributed by atoms with van der Waals surface area (Å²) in [6.07, 6.45) is 2.63. The van der Waals surface area contributed by atoms with E-state index >= 15 is 0 Å². The van der Waals surface area contributed by atoms with Gasteiger partial charge in [-0.1, -0.05) is 13.8 Å². The molecule has 0 aliphatic carbocycles. The van der Waals surface area contributed by atoms with Crippen LogP contribution in [0.1, 0.15) is 24.2 Å². The summed E-state index contributed by atoms with van der Waals surface area (Å²) in [5.74, 6) is 0.917. The molecule has 5 nitrogen and oxygen atoms in total. The Morgan fingerprint density at radius 2 is 2.20 bits per heavy atom. The largest absolute Gasteiger partial charge is 0.382 e. The van der Waals surface area contributed by atoms with Crippen LogP contribution in [0.15, 0.2) is 24.5 Å². The van der Waals surface area contributed by atoms with Gasteiger partial charge in [-0.25, -0.2) is 9.97 Å². The Labute approximate surface area is 116 Å². The van der Waals surface area contributed by atoms with Crippen LogP contribution in [0.25, 0.3) is 21.9 Å². The summed E-state index contributed by atoms with van der Waals surface area (Å²) >= 11 is 0. The maximum atomic E-state index is 11.0. The number of nitrogens with zero attached hydrogens (tertiary/aromatic N) is 3. The maximum Gasteiger partial charge on any atom is 0.152 e. The number of imidazole rings is 1. The van der Waals surface area contributed by atoms with Crippen molar-refractivity contribution >= 4 is 34.0 Å².